The largest absolute Gasteiger partial charge is 0.337 e. The van der Waals surface area contributed by atoms with Gasteiger partial charge >= 0.3 is 0 Å². The lowest BCUT2D eigenvalue weighted by atomic mass is 9.95. The van der Waals surface area contributed by atoms with Gasteiger partial charge in [0.05, 0.1) is 17.5 Å². The summed E-state index contributed by atoms with van der Waals surface area (Å²) in [5.74, 6) is 0.272. The molecule has 0 atom stereocenters. The number of carbonyl (C=O) groups is 1. The number of nitriles is 1. The summed E-state index contributed by atoms with van der Waals surface area (Å²) in [6, 6.07) is 2.84. The Morgan fingerprint density at radius 2 is 1.96 bits per heavy atom. The molecule has 2 aliphatic rings. The van der Waals surface area contributed by atoms with Gasteiger partial charge in [0.25, 0.3) is 0 Å². The number of thioether (sulfide) groups is 1. The lowest BCUT2D eigenvalue weighted by molar-refractivity contribution is -0.119. The first-order valence-electron chi connectivity index (χ1n) is 9.45. The van der Waals surface area contributed by atoms with Crippen LogP contribution in [0, 0.1) is 25.2 Å². The van der Waals surface area contributed by atoms with Crippen molar-refractivity contribution in [1.29, 1.82) is 5.26 Å². The maximum absolute atomic E-state index is 12.4. The molecule has 2 aliphatic carbocycles. The van der Waals surface area contributed by atoms with Crippen molar-refractivity contribution < 1.29 is 4.79 Å². The molecule has 1 aromatic rings. The highest BCUT2D eigenvalue weighted by atomic mass is 32.2. The number of aromatic nitrogens is 2. The maximum atomic E-state index is 12.4. The first-order valence-corrected chi connectivity index (χ1v) is 10.4. The van der Waals surface area contributed by atoms with Crippen LogP contribution >= 0.6 is 11.8 Å². The summed E-state index contributed by atoms with van der Waals surface area (Å²) in [7, 11) is 0. The van der Waals surface area contributed by atoms with Gasteiger partial charge in [-0.2, -0.15) is 5.26 Å². The fourth-order valence-electron chi connectivity index (χ4n) is 4.14. The van der Waals surface area contributed by atoms with Crippen molar-refractivity contribution in [2.24, 2.45) is 0 Å². The van der Waals surface area contributed by atoms with Gasteiger partial charge in [-0.3, -0.25) is 4.79 Å². The SMILES string of the molecule is Cc1nc(SCC(=O)NC2(C#N)CCCC2)n(C2CCCCC2)c1C. The number of nitrogens with zero attached hydrogens (tertiary/aromatic N) is 3. The van der Waals surface area contributed by atoms with Crippen LogP contribution in [0.15, 0.2) is 5.16 Å². The Bertz CT molecular complexity index is 664. The van der Waals surface area contributed by atoms with Gasteiger partial charge in [-0.25, -0.2) is 4.98 Å². The lowest BCUT2D eigenvalue weighted by Gasteiger charge is -2.26. The molecule has 0 aliphatic heterocycles. The molecular weight excluding hydrogens is 332 g/mol. The molecule has 2 fully saturated rings. The van der Waals surface area contributed by atoms with E-state index in [1.807, 2.05) is 6.92 Å². The van der Waals surface area contributed by atoms with E-state index >= 15 is 0 Å². The highest BCUT2D eigenvalue weighted by Crippen LogP contribution is 2.34. The highest BCUT2D eigenvalue weighted by Gasteiger charge is 2.35. The van der Waals surface area contributed by atoms with Crippen LogP contribution in [0.2, 0.25) is 0 Å². The second-order valence-electron chi connectivity index (χ2n) is 7.46. The number of imidazole rings is 1. The summed E-state index contributed by atoms with van der Waals surface area (Å²) < 4.78 is 2.35. The minimum Gasteiger partial charge on any atom is -0.337 e. The minimum atomic E-state index is -0.637. The second kappa shape index (κ2) is 7.82. The molecule has 25 heavy (non-hydrogen) atoms. The van der Waals surface area contributed by atoms with Crippen LogP contribution in [0.3, 0.4) is 0 Å². The number of hydrogen-bond donors (Lipinski definition) is 1. The van der Waals surface area contributed by atoms with Gasteiger partial charge in [-0.1, -0.05) is 31.0 Å². The Balaban J connectivity index is 1.66. The second-order valence-corrected chi connectivity index (χ2v) is 8.41. The van der Waals surface area contributed by atoms with E-state index in [2.05, 4.69) is 22.9 Å². The molecule has 0 unspecified atom stereocenters. The summed E-state index contributed by atoms with van der Waals surface area (Å²) >= 11 is 1.51. The van der Waals surface area contributed by atoms with Gasteiger partial charge in [0.15, 0.2) is 5.16 Å². The topological polar surface area (TPSA) is 70.7 Å². The van der Waals surface area contributed by atoms with E-state index in [4.69, 9.17) is 4.98 Å². The Hall–Kier alpha value is -1.48. The zero-order valence-electron chi connectivity index (χ0n) is 15.3. The van der Waals surface area contributed by atoms with Crippen LogP contribution in [0.5, 0.6) is 0 Å². The summed E-state index contributed by atoms with van der Waals surface area (Å²) in [6.07, 6.45) is 9.86. The smallest absolute Gasteiger partial charge is 0.231 e. The number of carbonyl (C=O) groups excluding carboxylic acids is 1. The minimum absolute atomic E-state index is 0.0537. The third kappa shape index (κ3) is 4.03. The molecule has 1 amide bonds. The van der Waals surface area contributed by atoms with E-state index in [-0.39, 0.29) is 5.91 Å². The van der Waals surface area contributed by atoms with Crippen LogP contribution in [-0.4, -0.2) is 26.8 Å². The molecule has 0 bridgehead atoms. The zero-order valence-corrected chi connectivity index (χ0v) is 16.1. The lowest BCUT2D eigenvalue weighted by Crippen LogP contribution is -2.45. The van der Waals surface area contributed by atoms with Crippen molar-refractivity contribution in [3.8, 4) is 6.07 Å². The number of nitrogens with one attached hydrogen (secondary N) is 1. The predicted molar refractivity (Wildman–Crippen MR) is 99.5 cm³/mol. The van der Waals surface area contributed by atoms with Crippen molar-refractivity contribution in [3.05, 3.63) is 11.4 Å². The van der Waals surface area contributed by atoms with Crippen LogP contribution in [0.25, 0.3) is 0 Å². The maximum Gasteiger partial charge on any atom is 0.231 e. The van der Waals surface area contributed by atoms with E-state index < -0.39 is 5.54 Å². The standard InChI is InChI=1S/C19H28N4OS/c1-14-15(2)23(16-8-4-3-5-9-16)18(21-14)25-12-17(24)22-19(13-20)10-6-7-11-19/h16H,3-12H2,1-2H3,(H,22,24). The van der Waals surface area contributed by atoms with E-state index in [0.717, 1.165) is 36.5 Å². The van der Waals surface area contributed by atoms with Gasteiger partial charge in [0.1, 0.15) is 5.54 Å². The van der Waals surface area contributed by atoms with Crippen molar-refractivity contribution in [2.45, 2.75) is 88.4 Å². The van der Waals surface area contributed by atoms with Gasteiger partial charge < -0.3 is 9.88 Å². The fourth-order valence-corrected chi connectivity index (χ4v) is 5.10. The van der Waals surface area contributed by atoms with Crippen molar-refractivity contribution in [3.63, 3.8) is 0 Å². The monoisotopic (exact) mass is 360 g/mol. The molecule has 0 radical (unpaired) electrons. The predicted octanol–water partition coefficient (Wildman–Crippen LogP) is 4.05. The van der Waals surface area contributed by atoms with E-state index in [0.29, 0.717) is 11.8 Å². The Morgan fingerprint density at radius 1 is 1.28 bits per heavy atom. The van der Waals surface area contributed by atoms with Crippen molar-refractivity contribution >= 4 is 17.7 Å². The van der Waals surface area contributed by atoms with Crippen LogP contribution in [-0.2, 0) is 4.79 Å². The molecule has 0 saturated heterocycles. The molecule has 136 valence electrons. The highest BCUT2D eigenvalue weighted by molar-refractivity contribution is 7.99. The molecule has 3 rings (SSSR count). The Labute approximate surface area is 154 Å². The van der Waals surface area contributed by atoms with E-state index in [1.165, 1.54) is 49.6 Å². The third-order valence-electron chi connectivity index (χ3n) is 5.68. The van der Waals surface area contributed by atoms with E-state index in [9.17, 15) is 10.1 Å². The van der Waals surface area contributed by atoms with Gasteiger partial charge in [0, 0.05) is 11.7 Å². The van der Waals surface area contributed by atoms with Gasteiger partial charge in [0.2, 0.25) is 5.91 Å². The Morgan fingerprint density at radius 3 is 2.60 bits per heavy atom. The molecule has 2 saturated carbocycles. The van der Waals surface area contributed by atoms with Crippen LogP contribution in [0.1, 0.15) is 75.2 Å². The summed E-state index contributed by atoms with van der Waals surface area (Å²) in [5, 5.41) is 13.3. The van der Waals surface area contributed by atoms with Crippen LogP contribution < -0.4 is 5.32 Å². The first-order chi connectivity index (χ1) is 12.0. The van der Waals surface area contributed by atoms with Gasteiger partial charge in [-0.15, -0.1) is 0 Å². The molecule has 0 aromatic carbocycles. The summed E-state index contributed by atoms with van der Waals surface area (Å²) in [5.41, 5.74) is 1.64. The zero-order chi connectivity index (χ0) is 17.9. The van der Waals surface area contributed by atoms with Crippen molar-refractivity contribution in [1.82, 2.24) is 14.9 Å². The average Bonchev–Trinajstić information content (AvgIpc) is 3.19. The molecular formula is C19H28N4OS. The normalized spacial score (nSPS) is 20.4. The summed E-state index contributed by atoms with van der Waals surface area (Å²) in [4.78, 5) is 17.1. The quantitative estimate of drug-likeness (QED) is 0.804. The summed E-state index contributed by atoms with van der Waals surface area (Å²) in [6.45, 7) is 4.17. The molecule has 1 aromatic heterocycles. The molecule has 5 nitrogen and oxygen atoms in total. The Kier molecular flexibility index (Phi) is 5.73. The number of amides is 1. The number of rotatable bonds is 5. The fraction of sp³-hybridized carbons (Fsp3) is 0.737. The number of aryl methyl sites for hydroxylation is 1. The molecule has 1 N–H and O–H groups in total. The van der Waals surface area contributed by atoms with Crippen molar-refractivity contribution in [2.75, 3.05) is 5.75 Å². The molecule has 1 heterocycles. The van der Waals surface area contributed by atoms with E-state index in [1.54, 1.807) is 0 Å². The average molecular weight is 361 g/mol. The van der Waals surface area contributed by atoms with Gasteiger partial charge in [-0.05, 0) is 52.4 Å². The number of hydrogen-bond acceptors (Lipinski definition) is 4. The third-order valence-corrected chi connectivity index (χ3v) is 6.63. The molecule has 6 heteroatoms. The first kappa shape index (κ1) is 18.3. The van der Waals surface area contributed by atoms with Crippen LogP contribution in [0.4, 0.5) is 0 Å². The molecule has 0 spiro atoms.